The highest BCUT2D eigenvalue weighted by Crippen LogP contribution is 2.29. The van der Waals surface area contributed by atoms with E-state index in [4.69, 9.17) is 9.84 Å². The van der Waals surface area contributed by atoms with Crippen LogP contribution >= 0.6 is 11.8 Å². The van der Waals surface area contributed by atoms with E-state index in [1.165, 1.54) is 0 Å². The van der Waals surface area contributed by atoms with Crippen molar-refractivity contribution in [2.24, 2.45) is 0 Å². The molecular weight excluding hydrogens is 238 g/mol. The van der Waals surface area contributed by atoms with Crippen LogP contribution in [-0.2, 0) is 4.79 Å². The molecule has 1 atom stereocenters. The van der Waals surface area contributed by atoms with Gasteiger partial charge in [0.05, 0.1) is 7.11 Å². The molecule has 0 bridgehead atoms. The quantitative estimate of drug-likeness (QED) is 0.728. The smallest absolute Gasteiger partial charge is 0.320 e. The Morgan fingerprint density at radius 2 is 2.24 bits per heavy atom. The zero-order valence-electron chi connectivity index (χ0n) is 9.97. The maximum Gasteiger partial charge on any atom is 0.320 e. The molecule has 5 heteroatoms. The van der Waals surface area contributed by atoms with Crippen molar-refractivity contribution in [1.82, 2.24) is 5.32 Å². The van der Waals surface area contributed by atoms with Crippen molar-refractivity contribution in [3.05, 3.63) is 24.3 Å². The van der Waals surface area contributed by atoms with Gasteiger partial charge in [-0.25, -0.2) is 0 Å². The van der Waals surface area contributed by atoms with E-state index in [-0.39, 0.29) is 0 Å². The van der Waals surface area contributed by atoms with Gasteiger partial charge in [0.2, 0.25) is 0 Å². The third-order valence-electron chi connectivity index (χ3n) is 2.38. The van der Waals surface area contributed by atoms with Crippen molar-refractivity contribution in [2.45, 2.75) is 17.4 Å². The number of para-hydroxylation sites is 1. The van der Waals surface area contributed by atoms with Gasteiger partial charge in [-0.3, -0.25) is 4.79 Å². The molecule has 2 N–H and O–H groups in total. The van der Waals surface area contributed by atoms with Crippen molar-refractivity contribution in [1.29, 1.82) is 0 Å². The molecule has 0 heterocycles. The molecule has 94 valence electrons. The predicted molar refractivity (Wildman–Crippen MR) is 68.8 cm³/mol. The molecular formula is C12H17NO3S. The number of carboxylic acids is 1. The van der Waals surface area contributed by atoms with Gasteiger partial charge < -0.3 is 15.2 Å². The minimum absolute atomic E-state index is 0.489. The number of methoxy groups -OCH3 is 1. The molecule has 0 saturated carbocycles. The van der Waals surface area contributed by atoms with Crippen LogP contribution in [0.2, 0.25) is 0 Å². The van der Waals surface area contributed by atoms with E-state index >= 15 is 0 Å². The predicted octanol–water partition coefficient (Wildman–Crippen LogP) is 1.85. The molecule has 0 aliphatic rings. The van der Waals surface area contributed by atoms with Gasteiger partial charge in [0, 0.05) is 10.6 Å². The van der Waals surface area contributed by atoms with Gasteiger partial charge in [-0.1, -0.05) is 12.1 Å². The Labute approximate surface area is 105 Å². The van der Waals surface area contributed by atoms with Crippen molar-refractivity contribution in [2.75, 3.05) is 19.9 Å². The molecule has 0 amide bonds. The number of carbonyl (C=O) groups is 1. The van der Waals surface area contributed by atoms with Crippen LogP contribution in [0.4, 0.5) is 0 Å². The summed E-state index contributed by atoms with van der Waals surface area (Å²) in [6.45, 7) is 0. The second kappa shape index (κ2) is 7.19. The fourth-order valence-corrected chi connectivity index (χ4v) is 2.46. The highest BCUT2D eigenvalue weighted by atomic mass is 32.2. The van der Waals surface area contributed by atoms with E-state index in [1.54, 1.807) is 25.9 Å². The minimum Gasteiger partial charge on any atom is -0.496 e. The van der Waals surface area contributed by atoms with Crippen molar-refractivity contribution in [3.63, 3.8) is 0 Å². The first-order valence-electron chi connectivity index (χ1n) is 5.35. The first kappa shape index (κ1) is 13.9. The molecule has 0 saturated heterocycles. The molecule has 17 heavy (non-hydrogen) atoms. The van der Waals surface area contributed by atoms with Gasteiger partial charge in [-0.15, -0.1) is 11.8 Å². The fourth-order valence-electron chi connectivity index (χ4n) is 1.42. The highest BCUT2D eigenvalue weighted by Gasteiger charge is 2.14. The normalized spacial score (nSPS) is 12.1. The van der Waals surface area contributed by atoms with Crippen LogP contribution in [0, 0.1) is 0 Å². The molecule has 4 nitrogen and oxygen atoms in total. The second-order valence-electron chi connectivity index (χ2n) is 3.47. The summed E-state index contributed by atoms with van der Waals surface area (Å²) in [5, 5.41) is 11.6. The number of ether oxygens (including phenoxy) is 1. The van der Waals surface area contributed by atoms with Gasteiger partial charge in [-0.2, -0.15) is 0 Å². The Balaban J connectivity index is 2.47. The van der Waals surface area contributed by atoms with E-state index < -0.39 is 12.0 Å². The molecule has 0 aliphatic carbocycles. The summed E-state index contributed by atoms with van der Waals surface area (Å²) >= 11 is 1.60. The Kier molecular flexibility index (Phi) is 5.86. The summed E-state index contributed by atoms with van der Waals surface area (Å²) < 4.78 is 5.22. The van der Waals surface area contributed by atoms with Gasteiger partial charge in [0.1, 0.15) is 11.8 Å². The monoisotopic (exact) mass is 255 g/mol. The van der Waals surface area contributed by atoms with Crippen LogP contribution in [0.15, 0.2) is 29.2 Å². The van der Waals surface area contributed by atoms with Gasteiger partial charge in [-0.05, 0) is 25.6 Å². The molecule has 1 aromatic rings. The average molecular weight is 255 g/mol. The standard InChI is InChI=1S/C12H17NO3S/c1-13-9(12(14)15)7-8-17-11-6-4-3-5-10(11)16-2/h3-6,9,13H,7-8H2,1-2H3,(H,14,15). The Hall–Kier alpha value is -1.20. The zero-order valence-corrected chi connectivity index (χ0v) is 10.8. The van der Waals surface area contributed by atoms with Gasteiger partial charge >= 0.3 is 5.97 Å². The first-order chi connectivity index (χ1) is 8.19. The minimum atomic E-state index is -0.812. The average Bonchev–Trinajstić information content (AvgIpc) is 2.34. The first-order valence-corrected chi connectivity index (χ1v) is 6.33. The number of aliphatic carboxylic acids is 1. The lowest BCUT2D eigenvalue weighted by atomic mass is 10.2. The summed E-state index contributed by atoms with van der Waals surface area (Å²) in [4.78, 5) is 11.8. The summed E-state index contributed by atoms with van der Waals surface area (Å²) in [6.07, 6.45) is 0.578. The van der Waals surface area contributed by atoms with Crippen LogP contribution in [0.3, 0.4) is 0 Å². The van der Waals surface area contributed by atoms with E-state index in [2.05, 4.69) is 5.32 Å². The van der Waals surface area contributed by atoms with Crippen molar-refractivity contribution >= 4 is 17.7 Å². The molecule has 0 fully saturated rings. The SMILES string of the molecule is CNC(CCSc1ccccc1OC)C(=O)O. The second-order valence-corrected chi connectivity index (χ2v) is 4.60. The number of hydrogen-bond donors (Lipinski definition) is 2. The maximum atomic E-state index is 10.8. The Morgan fingerprint density at radius 1 is 1.53 bits per heavy atom. The third-order valence-corrected chi connectivity index (χ3v) is 3.47. The number of nitrogens with one attached hydrogen (secondary N) is 1. The van der Waals surface area contributed by atoms with E-state index in [0.717, 1.165) is 16.4 Å². The molecule has 1 rings (SSSR count). The molecule has 0 aromatic heterocycles. The van der Waals surface area contributed by atoms with Crippen LogP contribution in [0.25, 0.3) is 0 Å². The number of likely N-dealkylation sites (N-methyl/N-ethyl adjacent to an activating group) is 1. The summed E-state index contributed by atoms with van der Waals surface area (Å²) in [6, 6.07) is 7.24. The topological polar surface area (TPSA) is 58.6 Å². The maximum absolute atomic E-state index is 10.8. The summed E-state index contributed by atoms with van der Waals surface area (Å²) in [7, 11) is 3.29. The summed E-state index contributed by atoms with van der Waals surface area (Å²) in [5.74, 6) is 0.750. The Bertz CT molecular complexity index is 371. The number of carboxylic acid groups (broad SMARTS) is 1. The lowest BCUT2D eigenvalue weighted by molar-refractivity contribution is -0.139. The molecule has 0 spiro atoms. The van der Waals surface area contributed by atoms with Crippen LogP contribution < -0.4 is 10.1 Å². The number of thioether (sulfide) groups is 1. The van der Waals surface area contributed by atoms with E-state index in [0.29, 0.717) is 6.42 Å². The highest BCUT2D eigenvalue weighted by molar-refractivity contribution is 7.99. The fraction of sp³-hybridized carbons (Fsp3) is 0.417. The van der Waals surface area contributed by atoms with Crippen molar-refractivity contribution in [3.8, 4) is 5.75 Å². The Morgan fingerprint density at radius 3 is 2.82 bits per heavy atom. The van der Waals surface area contributed by atoms with Crippen LogP contribution in [0.1, 0.15) is 6.42 Å². The largest absolute Gasteiger partial charge is 0.496 e. The number of benzene rings is 1. The number of hydrogen-bond acceptors (Lipinski definition) is 4. The van der Waals surface area contributed by atoms with Crippen LogP contribution in [-0.4, -0.2) is 37.0 Å². The third kappa shape index (κ3) is 4.28. The zero-order chi connectivity index (χ0) is 12.7. The van der Waals surface area contributed by atoms with Crippen molar-refractivity contribution < 1.29 is 14.6 Å². The lowest BCUT2D eigenvalue weighted by Crippen LogP contribution is -2.34. The van der Waals surface area contributed by atoms with E-state index in [9.17, 15) is 4.79 Å². The van der Waals surface area contributed by atoms with Crippen LogP contribution in [0.5, 0.6) is 5.75 Å². The van der Waals surface area contributed by atoms with Gasteiger partial charge in [0.15, 0.2) is 0 Å². The molecule has 0 aliphatic heterocycles. The molecule has 0 radical (unpaired) electrons. The lowest BCUT2D eigenvalue weighted by Gasteiger charge is -2.11. The number of rotatable bonds is 7. The summed E-state index contributed by atoms with van der Waals surface area (Å²) in [5.41, 5.74) is 0. The van der Waals surface area contributed by atoms with Gasteiger partial charge in [0.25, 0.3) is 0 Å². The molecule has 1 aromatic carbocycles. The van der Waals surface area contributed by atoms with E-state index in [1.807, 2.05) is 24.3 Å². The molecule has 1 unspecified atom stereocenters.